The summed E-state index contributed by atoms with van der Waals surface area (Å²) in [6.07, 6.45) is -1.15. The molecule has 1 aromatic heterocycles. The Morgan fingerprint density at radius 3 is 2.03 bits per heavy atom. The van der Waals surface area contributed by atoms with Crippen LogP contribution in [0.5, 0.6) is 0 Å². The molecule has 0 unspecified atom stereocenters. The summed E-state index contributed by atoms with van der Waals surface area (Å²) in [5.74, 6) is 0.216. The summed E-state index contributed by atoms with van der Waals surface area (Å²) in [7, 11) is 0. The standard InChI is InChI=1S/C25H25N5O5/c1-5-29(6-2)20-10-9-17-11-21(35-22(17)13-20)12-18(14-26)23(19(15-27)16-28)30(24(31)33-7-3)25(32)34-8-4/h9-13H,5-8H2,1-4H3/b18-12+. The molecule has 10 nitrogen and oxygen atoms in total. The number of hydrogen-bond donors (Lipinski definition) is 0. The molecule has 0 fully saturated rings. The molecule has 1 aromatic carbocycles. The van der Waals surface area contributed by atoms with Crippen LogP contribution >= 0.6 is 0 Å². The van der Waals surface area contributed by atoms with Crippen LogP contribution in [-0.2, 0) is 9.47 Å². The molecule has 2 rings (SSSR count). The van der Waals surface area contributed by atoms with Crippen LogP contribution in [0.2, 0.25) is 0 Å². The van der Waals surface area contributed by atoms with Crippen LogP contribution in [0.15, 0.2) is 45.5 Å². The molecular weight excluding hydrogens is 450 g/mol. The molecule has 0 saturated heterocycles. The van der Waals surface area contributed by atoms with E-state index in [4.69, 9.17) is 13.9 Å². The number of anilines is 1. The number of allylic oxidation sites excluding steroid dienone is 2. The quantitative estimate of drug-likeness (QED) is 0.376. The van der Waals surface area contributed by atoms with Gasteiger partial charge < -0.3 is 18.8 Å². The highest BCUT2D eigenvalue weighted by Crippen LogP contribution is 2.29. The molecule has 10 heteroatoms. The number of furan rings is 1. The van der Waals surface area contributed by atoms with Crippen LogP contribution in [0, 0.1) is 34.0 Å². The lowest BCUT2D eigenvalue weighted by Gasteiger charge is -2.21. The average Bonchev–Trinajstić information content (AvgIpc) is 3.25. The van der Waals surface area contributed by atoms with Gasteiger partial charge in [0.05, 0.1) is 18.8 Å². The van der Waals surface area contributed by atoms with Crippen LogP contribution in [0.3, 0.4) is 0 Å². The smallest absolute Gasteiger partial charge is 0.424 e. The lowest BCUT2D eigenvalue weighted by Crippen LogP contribution is -2.38. The molecule has 0 radical (unpaired) electrons. The van der Waals surface area contributed by atoms with E-state index in [-0.39, 0.29) is 24.5 Å². The summed E-state index contributed by atoms with van der Waals surface area (Å²) in [5, 5.41) is 29.6. The molecule has 1 heterocycles. The number of ether oxygens (including phenoxy) is 2. The minimum Gasteiger partial charge on any atom is -0.457 e. The molecule has 0 atom stereocenters. The van der Waals surface area contributed by atoms with Gasteiger partial charge in [-0.05, 0) is 45.9 Å². The number of carbonyl (C=O) groups is 2. The number of nitriles is 3. The first-order valence-corrected chi connectivity index (χ1v) is 11.0. The molecule has 2 aromatic rings. The fraction of sp³-hybridized carbons (Fsp3) is 0.320. The van der Waals surface area contributed by atoms with E-state index in [2.05, 4.69) is 4.90 Å². The normalized spacial score (nSPS) is 10.5. The van der Waals surface area contributed by atoms with Gasteiger partial charge in [0.25, 0.3) is 0 Å². The highest BCUT2D eigenvalue weighted by molar-refractivity contribution is 5.93. The molecule has 0 bridgehead atoms. The van der Waals surface area contributed by atoms with Crippen molar-refractivity contribution in [1.82, 2.24) is 4.90 Å². The Morgan fingerprint density at radius 2 is 1.54 bits per heavy atom. The summed E-state index contributed by atoms with van der Waals surface area (Å²) in [4.78, 5) is 27.7. The second-order valence-corrected chi connectivity index (χ2v) is 6.89. The zero-order valence-electron chi connectivity index (χ0n) is 20.0. The number of hydrogen-bond acceptors (Lipinski definition) is 9. The number of nitrogens with zero attached hydrogens (tertiary/aromatic N) is 5. The number of amides is 2. The third kappa shape index (κ3) is 5.98. The van der Waals surface area contributed by atoms with Crippen molar-refractivity contribution in [2.24, 2.45) is 0 Å². The van der Waals surface area contributed by atoms with Crippen molar-refractivity contribution >= 4 is 34.9 Å². The Hall–Kier alpha value is -4.75. The van der Waals surface area contributed by atoms with E-state index < -0.39 is 23.5 Å². The molecule has 180 valence electrons. The lowest BCUT2D eigenvalue weighted by molar-refractivity contribution is 0.0925. The maximum Gasteiger partial charge on any atom is 0.424 e. The van der Waals surface area contributed by atoms with Gasteiger partial charge in [-0.15, -0.1) is 0 Å². The van der Waals surface area contributed by atoms with Gasteiger partial charge in [-0.2, -0.15) is 20.7 Å². The second kappa shape index (κ2) is 12.5. The van der Waals surface area contributed by atoms with E-state index in [0.29, 0.717) is 10.5 Å². The Kier molecular flexibility index (Phi) is 9.45. The Labute approximate surface area is 203 Å². The van der Waals surface area contributed by atoms with Gasteiger partial charge in [0.2, 0.25) is 0 Å². The minimum absolute atomic E-state index is 0.0967. The summed E-state index contributed by atoms with van der Waals surface area (Å²) >= 11 is 0. The lowest BCUT2D eigenvalue weighted by atomic mass is 10.1. The van der Waals surface area contributed by atoms with Crippen molar-refractivity contribution in [3.8, 4) is 18.2 Å². The maximum atomic E-state index is 12.6. The van der Waals surface area contributed by atoms with Crippen molar-refractivity contribution in [3.05, 3.63) is 46.9 Å². The van der Waals surface area contributed by atoms with Crippen molar-refractivity contribution in [3.63, 3.8) is 0 Å². The fourth-order valence-corrected chi connectivity index (χ4v) is 3.32. The molecule has 35 heavy (non-hydrogen) atoms. The van der Waals surface area contributed by atoms with Gasteiger partial charge in [-0.1, -0.05) is 0 Å². The van der Waals surface area contributed by atoms with Crippen LogP contribution in [0.4, 0.5) is 15.3 Å². The zero-order chi connectivity index (χ0) is 26.0. The maximum absolute atomic E-state index is 12.6. The monoisotopic (exact) mass is 475 g/mol. The van der Waals surface area contributed by atoms with Gasteiger partial charge in [0.15, 0.2) is 5.57 Å². The molecular formula is C25H25N5O5. The molecule has 0 saturated carbocycles. The predicted molar refractivity (Wildman–Crippen MR) is 128 cm³/mol. The fourth-order valence-electron chi connectivity index (χ4n) is 3.32. The zero-order valence-corrected chi connectivity index (χ0v) is 20.0. The molecule has 0 N–H and O–H groups in total. The molecule has 0 spiro atoms. The van der Waals surface area contributed by atoms with Crippen molar-refractivity contribution in [2.45, 2.75) is 27.7 Å². The van der Waals surface area contributed by atoms with E-state index in [1.54, 1.807) is 18.2 Å². The predicted octanol–water partition coefficient (Wildman–Crippen LogP) is 5.10. The molecule has 2 amide bonds. The van der Waals surface area contributed by atoms with Gasteiger partial charge >= 0.3 is 12.2 Å². The summed E-state index contributed by atoms with van der Waals surface area (Å²) in [6.45, 7) is 8.54. The summed E-state index contributed by atoms with van der Waals surface area (Å²) in [5.41, 5.74) is -0.0397. The van der Waals surface area contributed by atoms with E-state index in [0.717, 1.165) is 24.2 Å². The van der Waals surface area contributed by atoms with Crippen molar-refractivity contribution in [1.29, 1.82) is 15.8 Å². The summed E-state index contributed by atoms with van der Waals surface area (Å²) < 4.78 is 15.7. The number of rotatable bonds is 8. The van der Waals surface area contributed by atoms with Crippen LogP contribution in [0.25, 0.3) is 17.0 Å². The number of carbonyl (C=O) groups excluding carboxylic acids is 2. The van der Waals surface area contributed by atoms with Crippen molar-refractivity contribution < 1.29 is 23.5 Å². The molecule has 0 aliphatic heterocycles. The Morgan fingerprint density at radius 1 is 0.943 bits per heavy atom. The number of benzene rings is 1. The highest BCUT2D eigenvalue weighted by Gasteiger charge is 2.33. The third-order valence-corrected chi connectivity index (χ3v) is 4.90. The Balaban J connectivity index is 2.69. The highest BCUT2D eigenvalue weighted by atomic mass is 16.6. The SMILES string of the molecule is CCOC(=O)N(C(=O)OCC)C(=C(C#N)C#N)/C(C#N)=C/c1cc2ccc(N(CC)CC)cc2o1. The average molecular weight is 476 g/mol. The minimum atomic E-state index is -1.20. The van der Waals surface area contributed by atoms with Crippen LogP contribution < -0.4 is 4.90 Å². The van der Waals surface area contributed by atoms with Crippen LogP contribution in [0.1, 0.15) is 33.5 Å². The summed E-state index contributed by atoms with van der Waals surface area (Å²) in [6, 6.07) is 12.4. The first-order chi connectivity index (χ1) is 16.9. The van der Waals surface area contributed by atoms with Gasteiger partial charge in [0.1, 0.15) is 35.2 Å². The molecule has 0 aliphatic carbocycles. The largest absolute Gasteiger partial charge is 0.457 e. The first-order valence-electron chi connectivity index (χ1n) is 11.0. The van der Waals surface area contributed by atoms with E-state index >= 15 is 0 Å². The van der Waals surface area contributed by atoms with Gasteiger partial charge in [0, 0.05) is 36.3 Å². The number of imide groups is 1. The van der Waals surface area contributed by atoms with E-state index in [1.807, 2.05) is 38.1 Å². The van der Waals surface area contributed by atoms with Gasteiger partial charge in [-0.25, -0.2) is 9.59 Å². The third-order valence-electron chi connectivity index (χ3n) is 4.90. The van der Waals surface area contributed by atoms with E-state index in [1.165, 1.54) is 19.9 Å². The van der Waals surface area contributed by atoms with Crippen molar-refractivity contribution in [2.75, 3.05) is 31.2 Å². The first kappa shape index (κ1) is 26.5. The van der Waals surface area contributed by atoms with Crippen LogP contribution in [-0.4, -0.2) is 43.4 Å². The molecule has 0 aliphatic rings. The second-order valence-electron chi connectivity index (χ2n) is 6.89. The Bertz CT molecular complexity index is 1250. The number of fused-ring (bicyclic) bond motifs is 1. The van der Waals surface area contributed by atoms with Gasteiger partial charge in [-0.3, -0.25) is 0 Å². The topological polar surface area (TPSA) is 144 Å². The van der Waals surface area contributed by atoms with E-state index in [9.17, 15) is 25.4 Å².